The van der Waals surface area contributed by atoms with Gasteiger partial charge in [-0.3, -0.25) is 0 Å². The second kappa shape index (κ2) is 4.87. The maximum Gasteiger partial charge on any atom is 0.416 e. The van der Waals surface area contributed by atoms with E-state index >= 15 is 0 Å². The molecule has 4 heteroatoms. The molecule has 0 saturated carbocycles. The Balaban J connectivity index is 2.72. The van der Waals surface area contributed by atoms with E-state index < -0.39 is 17.8 Å². The van der Waals surface area contributed by atoms with E-state index in [2.05, 4.69) is 0 Å². The summed E-state index contributed by atoms with van der Waals surface area (Å²) in [5.74, 6) is 0.0386. The highest BCUT2D eigenvalue weighted by Gasteiger charge is 2.29. The number of aliphatic hydroxyl groups is 1. The van der Waals surface area contributed by atoms with Crippen molar-refractivity contribution in [3.63, 3.8) is 0 Å². The molecule has 1 nitrogen and oxygen atoms in total. The van der Waals surface area contributed by atoms with Crippen molar-refractivity contribution in [1.29, 1.82) is 0 Å². The zero-order valence-electron chi connectivity index (χ0n) is 9.25. The predicted octanol–water partition coefficient (Wildman–Crippen LogP) is 3.26. The van der Waals surface area contributed by atoms with Gasteiger partial charge in [0.15, 0.2) is 0 Å². The fourth-order valence-electron chi connectivity index (χ4n) is 1.37. The third kappa shape index (κ3) is 3.52. The molecule has 0 aliphatic rings. The van der Waals surface area contributed by atoms with E-state index in [9.17, 15) is 18.3 Å². The minimum atomic E-state index is -4.28. The minimum Gasteiger partial charge on any atom is -0.393 e. The summed E-state index contributed by atoms with van der Waals surface area (Å²) in [5, 5.41) is 9.29. The van der Waals surface area contributed by atoms with Gasteiger partial charge in [0.1, 0.15) is 0 Å². The highest BCUT2D eigenvalue weighted by Crippen LogP contribution is 2.29. The van der Waals surface area contributed by atoms with E-state index in [0.29, 0.717) is 6.42 Å². The number of hydrogen-bond acceptors (Lipinski definition) is 1. The Morgan fingerprint density at radius 1 is 1.12 bits per heavy atom. The second-order valence-electron chi connectivity index (χ2n) is 4.12. The number of benzene rings is 1. The minimum absolute atomic E-state index is 0.0386. The summed E-state index contributed by atoms with van der Waals surface area (Å²) in [5.41, 5.74) is 0.169. The molecule has 0 aliphatic heterocycles. The zero-order valence-corrected chi connectivity index (χ0v) is 9.25. The Labute approximate surface area is 92.9 Å². The molecule has 0 aliphatic carbocycles. The molecule has 0 bridgehead atoms. The summed E-state index contributed by atoms with van der Waals surface area (Å²) < 4.78 is 36.8. The van der Waals surface area contributed by atoms with Crippen LogP contribution in [0.4, 0.5) is 13.2 Å². The molecule has 1 aromatic carbocycles. The van der Waals surface area contributed by atoms with Crippen LogP contribution in [0.5, 0.6) is 0 Å². The first-order chi connectivity index (χ1) is 7.30. The molecule has 1 N–H and O–H groups in total. The van der Waals surface area contributed by atoms with Crippen LogP contribution in [-0.4, -0.2) is 11.2 Å². The lowest BCUT2D eigenvalue weighted by atomic mass is 9.96. The molecule has 0 amide bonds. The Morgan fingerprint density at radius 3 is 2.00 bits per heavy atom. The molecule has 16 heavy (non-hydrogen) atoms. The van der Waals surface area contributed by atoms with Gasteiger partial charge in [-0.25, -0.2) is 0 Å². The topological polar surface area (TPSA) is 20.2 Å². The third-order valence-electron chi connectivity index (χ3n) is 2.66. The molecule has 0 saturated heterocycles. The fourth-order valence-corrected chi connectivity index (χ4v) is 1.37. The van der Waals surface area contributed by atoms with E-state index in [-0.39, 0.29) is 5.92 Å². The van der Waals surface area contributed by atoms with Gasteiger partial charge in [0.05, 0.1) is 11.7 Å². The predicted molar refractivity (Wildman–Crippen MR) is 56.0 cm³/mol. The zero-order chi connectivity index (χ0) is 12.3. The summed E-state index contributed by atoms with van der Waals surface area (Å²) >= 11 is 0. The van der Waals surface area contributed by atoms with Gasteiger partial charge in [-0.1, -0.05) is 19.1 Å². The Morgan fingerprint density at radius 2 is 1.62 bits per heavy atom. The lowest BCUT2D eigenvalue weighted by molar-refractivity contribution is -0.137. The number of alkyl halides is 3. The summed E-state index contributed by atoms with van der Waals surface area (Å²) in [6, 6.07) is 5.07. The summed E-state index contributed by atoms with van der Waals surface area (Å²) in [4.78, 5) is 0. The van der Waals surface area contributed by atoms with Gasteiger partial charge >= 0.3 is 6.18 Å². The van der Waals surface area contributed by atoms with E-state index in [0.717, 1.165) is 17.7 Å². The van der Waals surface area contributed by atoms with Crippen LogP contribution in [-0.2, 0) is 12.6 Å². The summed E-state index contributed by atoms with van der Waals surface area (Å²) in [6.45, 7) is 3.54. The lowest BCUT2D eigenvalue weighted by Crippen LogP contribution is -2.15. The Bertz CT molecular complexity index is 327. The number of hydrogen-bond donors (Lipinski definition) is 1. The fraction of sp³-hybridized carbons (Fsp3) is 0.500. The number of aliphatic hydroxyl groups excluding tert-OH is 1. The van der Waals surface area contributed by atoms with Crippen LogP contribution in [0.25, 0.3) is 0 Å². The smallest absolute Gasteiger partial charge is 0.393 e. The van der Waals surface area contributed by atoms with Gasteiger partial charge in [0, 0.05) is 0 Å². The molecular weight excluding hydrogens is 217 g/mol. The maximum atomic E-state index is 12.3. The van der Waals surface area contributed by atoms with Gasteiger partial charge < -0.3 is 5.11 Å². The first-order valence-corrected chi connectivity index (χ1v) is 5.15. The van der Waals surface area contributed by atoms with E-state index in [4.69, 9.17) is 0 Å². The standard InChI is InChI=1S/C12H15F3O/c1-8(9(2)16)7-10-3-5-11(6-4-10)12(13,14)15/h3-6,8-9,16H,7H2,1-2H3/t8-,9-/m0/s1. The lowest BCUT2D eigenvalue weighted by Gasteiger charge is -2.15. The Hall–Kier alpha value is -1.03. The van der Waals surface area contributed by atoms with Crippen LogP contribution in [0.2, 0.25) is 0 Å². The van der Waals surface area contributed by atoms with Crippen molar-refractivity contribution in [3.8, 4) is 0 Å². The average molecular weight is 232 g/mol. The molecule has 2 atom stereocenters. The maximum absolute atomic E-state index is 12.3. The molecule has 0 unspecified atom stereocenters. The SMILES string of the molecule is C[C@H](O)[C@@H](C)Cc1ccc(C(F)(F)F)cc1. The van der Waals surface area contributed by atoms with E-state index in [1.807, 2.05) is 6.92 Å². The molecule has 1 rings (SSSR count). The van der Waals surface area contributed by atoms with Crippen LogP contribution in [0.1, 0.15) is 25.0 Å². The molecular formula is C12H15F3O. The molecule has 0 spiro atoms. The largest absolute Gasteiger partial charge is 0.416 e. The molecule has 0 radical (unpaired) electrons. The molecule has 1 aromatic rings. The molecule has 0 fully saturated rings. The average Bonchev–Trinajstić information content (AvgIpc) is 2.17. The first kappa shape index (κ1) is 13.0. The number of halogens is 3. The Kier molecular flexibility index (Phi) is 3.97. The van der Waals surface area contributed by atoms with Crippen LogP contribution >= 0.6 is 0 Å². The molecule has 0 aromatic heterocycles. The molecule has 0 heterocycles. The van der Waals surface area contributed by atoms with Crippen LogP contribution in [0.15, 0.2) is 24.3 Å². The van der Waals surface area contributed by atoms with Gasteiger partial charge in [-0.05, 0) is 37.0 Å². The van der Waals surface area contributed by atoms with Crippen molar-refractivity contribution in [3.05, 3.63) is 35.4 Å². The second-order valence-corrected chi connectivity index (χ2v) is 4.12. The van der Waals surface area contributed by atoms with Gasteiger partial charge in [0.25, 0.3) is 0 Å². The quantitative estimate of drug-likeness (QED) is 0.848. The summed E-state index contributed by atoms with van der Waals surface area (Å²) in [7, 11) is 0. The summed E-state index contributed by atoms with van der Waals surface area (Å²) in [6.07, 6.45) is -4.16. The highest BCUT2D eigenvalue weighted by molar-refractivity contribution is 5.24. The van der Waals surface area contributed by atoms with Crippen molar-refractivity contribution in [2.24, 2.45) is 5.92 Å². The van der Waals surface area contributed by atoms with Gasteiger partial charge in [-0.2, -0.15) is 13.2 Å². The van der Waals surface area contributed by atoms with Crippen LogP contribution in [0.3, 0.4) is 0 Å². The van der Waals surface area contributed by atoms with Crippen LogP contribution < -0.4 is 0 Å². The van der Waals surface area contributed by atoms with E-state index in [1.54, 1.807) is 6.92 Å². The van der Waals surface area contributed by atoms with Crippen molar-refractivity contribution < 1.29 is 18.3 Å². The normalized spacial score (nSPS) is 15.9. The molecule has 90 valence electrons. The number of rotatable bonds is 3. The van der Waals surface area contributed by atoms with Crippen molar-refractivity contribution in [1.82, 2.24) is 0 Å². The van der Waals surface area contributed by atoms with Crippen molar-refractivity contribution in [2.75, 3.05) is 0 Å². The van der Waals surface area contributed by atoms with Gasteiger partial charge in [-0.15, -0.1) is 0 Å². The van der Waals surface area contributed by atoms with Crippen molar-refractivity contribution >= 4 is 0 Å². The monoisotopic (exact) mass is 232 g/mol. The third-order valence-corrected chi connectivity index (χ3v) is 2.66. The van der Waals surface area contributed by atoms with Crippen LogP contribution in [0, 0.1) is 5.92 Å². The first-order valence-electron chi connectivity index (χ1n) is 5.15. The van der Waals surface area contributed by atoms with E-state index in [1.165, 1.54) is 12.1 Å². The van der Waals surface area contributed by atoms with Crippen molar-refractivity contribution in [2.45, 2.75) is 32.5 Å². The highest BCUT2D eigenvalue weighted by atomic mass is 19.4. The van der Waals surface area contributed by atoms with Gasteiger partial charge in [0.2, 0.25) is 0 Å².